The number of carboxylic acids is 1. The lowest BCUT2D eigenvalue weighted by atomic mass is 10.1. The van der Waals surface area contributed by atoms with Crippen LogP contribution in [0.15, 0.2) is 54.9 Å². The Balaban J connectivity index is 1.76. The van der Waals surface area contributed by atoms with Crippen LogP contribution in [0.1, 0.15) is 36.2 Å². The lowest BCUT2D eigenvalue weighted by Crippen LogP contribution is -2.41. The molecule has 1 aromatic heterocycles. The van der Waals surface area contributed by atoms with Gasteiger partial charge in [0.15, 0.2) is 12.4 Å². The first-order valence-corrected chi connectivity index (χ1v) is 9.32. The Kier molecular flexibility index (Phi) is 8.14. The molecule has 0 unspecified atom stereocenters. The molecule has 0 fully saturated rings. The van der Waals surface area contributed by atoms with Gasteiger partial charge in [0.2, 0.25) is 0 Å². The van der Waals surface area contributed by atoms with E-state index in [2.05, 4.69) is 10.6 Å². The summed E-state index contributed by atoms with van der Waals surface area (Å²) in [6.45, 7) is 3.53. The van der Waals surface area contributed by atoms with E-state index in [1.165, 1.54) is 0 Å². The van der Waals surface area contributed by atoms with Gasteiger partial charge in [-0.15, -0.1) is 0 Å². The second-order valence-electron chi connectivity index (χ2n) is 6.87. The summed E-state index contributed by atoms with van der Waals surface area (Å²) in [4.78, 5) is 34.7. The fourth-order valence-corrected chi connectivity index (χ4v) is 2.71. The zero-order chi connectivity index (χ0) is 21.2. The number of carboxylic acid groups (broad SMARTS) is 1. The van der Waals surface area contributed by atoms with Gasteiger partial charge < -0.3 is 20.5 Å². The molecule has 2 amide bonds. The molecule has 154 valence electrons. The topological polar surface area (TPSA) is 109 Å². The number of aliphatic carboxylic acids is 1. The molecule has 3 N–H and O–H groups in total. The number of hydrogen-bond acceptors (Lipinski definition) is 4. The van der Waals surface area contributed by atoms with Crippen molar-refractivity contribution in [2.75, 3.05) is 0 Å². The van der Waals surface area contributed by atoms with Crippen molar-refractivity contribution in [1.82, 2.24) is 10.6 Å². The van der Waals surface area contributed by atoms with E-state index >= 15 is 0 Å². The minimum atomic E-state index is -0.975. The molecular formula is C21H26N3O5+. The number of nitrogens with one attached hydrogen (secondary N) is 2. The minimum Gasteiger partial charge on any atom is -0.481 e. The van der Waals surface area contributed by atoms with Crippen molar-refractivity contribution in [2.45, 2.75) is 45.5 Å². The van der Waals surface area contributed by atoms with Gasteiger partial charge in [-0.25, -0.2) is 4.79 Å². The highest BCUT2D eigenvalue weighted by Crippen LogP contribution is 2.03. The fraction of sp³-hybridized carbons (Fsp3) is 0.333. The van der Waals surface area contributed by atoms with Gasteiger partial charge in [-0.1, -0.05) is 30.3 Å². The van der Waals surface area contributed by atoms with Gasteiger partial charge >= 0.3 is 12.1 Å². The van der Waals surface area contributed by atoms with Crippen molar-refractivity contribution in [3.05, 3.63) is 66.0 Å². The number of alkyl carbamates (subject to hydrolysis) is 1. The third-order valence-corrected chi connectivity index (χ3v) is 4.11. The second-order valence-corrected chi connectivity index (χ2v) is 6.87. The van der Waals surface area contributed by atoms with Crippen LogP contribution in [0.2, 0.25) is 0 Å². The smallest absolute Gasteiger partial charge is 0.412 e. The third kappa shape index (κ3) is 8.00. The van der Waals surface area contributed by atoms with E-state index in [-0.39, 0.29) is 25.1 Å². The van der Waals surface area contributed by atoms with Crippen LogP contribution in [-0.2, 0) is 22.7 Å². The van der Waals surface area contributed by atoms with Crippen LogP contribution in [0, 0.1) is 0 Å². The molecule has 8 nitrogen and oxygen atoms in total. The Morgan fingerprint density at radius 3 is 2.28 bits per heavy atom. The van der Waals surface area contributed by atoms with E-state index in [4.69, 9.17) is 9.84 Å². The molecular weight excluding hydrogens is 374 g/mol. The maximum absolute atomic E-state index is 12.1. The van der Waals surface area contributed by atoms with Gasteiger partial charge in [0.1, 0.15) is 0 Å². The number of ether oxygens (including phenoxy) is 1. The van der Waals surface area contributed by atoms with Crippen LogP contribution in [-0.4, -0.2) is 35.2 Å². The van der Waals surface area contributed by atoms with Crippen LogP contribution in [0.5, 0.6) is 0 Å². The van der Waals surface area contributed by atoms with E-state index in [9.17, 15) is 14.4 Å². The zero-order valence-corrected chi connectivity index (χ0v) is 16.5. The van der Waals surface area contributed by atoms with Crippen molar-refractivity contribution < 1.29 is 28.8 Å². The van der Waals surface area contributed by atoms with Gasteiger partial charge in [-0.05, 0) is 25.8 Å². The zero-order valence-electron chi connectivity index (χ0n) is 16.5. The number of carbonyl (C=O) groups is 3. The Hall–Kier alpha value is -3.42. The normalized spacial score (nSPS) is 12.5. The third-order valence-electron chi connectivity index (χ3n) is 4.11. The van der Waals surface area contributed by atoms with Crippen LogP contribution in [0.25, 0.3) is 0 Å². The molecule has 2 aromatic rings. The minimum absolute atomic E-state index is 0.00120. The first kappa shape index (κ1) is 21.9. The lowest BCUT2D eigenvalue weighted by Gasteiger charge is -2.13. The van der Waals surface area contributed by atoms with E-state index in [1.54, 1.807) is 36.0 Å². The van der Waals surface area contributed by atoms with Crippen LogP contribution < -0.4 is 15.2 Å². The highest BCUT2D eigenvalue weighted by Gasteiger charge is 2.15. The fourth-order valence-electron chi connectivity index (χ4n) is 2.71. The summed E-state index contributed by atoms with van der Waals surface area (Å²) in [6, 6.07) is 12.4. The SMILES string of the molecule is C[C@H](CC(=O)O)NC(=O)c1cc[n+](COC(=O)N[C@@H](C)Cc2ccccc2)cc1. The monoisotopic (exact) mass is 400 g/mol. The van der Waals surface area contributed by atoms with Crippen molar-refractivity contribution in [3.63, 3.8) is 0 Å². The number of hydrogen-bond donors (Lipinski definition) is 3. The molecule has 29 heavy (non-hydrogen) atoms. The summed E-state index contributed by atoms with van der Waals surface area (Å²) in [6.07, 6.45) is 3.25. The number of benzene rings is 1. The molecule has 0 saturated carbocycles. The highest BCUT2D eigenvalue weighted by molar-refractivity contribution is 5.94. The molecule has 0 aliphatic rings. The number of pyridine rings is 1. The predicted octanol–water partition coefficient (Wildman–Crippen LogP) is 1.88. The Morgan fingerprint density at radius 1 is 1.00 bits per heavy atom. The summed E-state index contributed by atoms with van der Waals surface area (Å²) in [5, 5.41) is 14.1. The van der Waals surface area contributed by atoms with E-state index in [0.29, 0.717) is 12.0 Å². The lowest BCUT2D eigenvalue weighted by molar-refractivity contribution is -0.727. The Morgan fingerprint density at radius 2 is 1.66 bits per heavy atom. The average Bonchev–Trinajstić information content (AvgIpc) is 2.66. The summed E-state index contributed by atoms with van der Waals surface area (Å²) < 4.78 is 6.80. The second kappa shape index (κ2) is 10.8. The first-order valence-electron chi connectivity index (χ1n) is 9.32. The van der Waals surface area contributed by atoms with Gasteiger partial charge in [0.25, 0.3) is 12.6 Å². The summed E-state index contributed by atoms with van der Waals surface area (Å²) in [5.74, 6) is -1.34. The molecule has 0 spiro atoms. The summed E-state index contributed by atoms with van der Waals surface area (Å²) in [7, 11) is 0. The van der Waals surface area contributed by atoms with Gasteiger partial charge in [0, 0.05) is 24.2 Å². The summed E-state index contributed by atoms with van der Waals surface area (Å²) in [5.41, 5.74) is 1.51. The number of nitrogens with zero attached hydrogens (tertiary/aromatic N) is 1. The molecule has 2 atom stereocenters. The van der Waals surface area contributed by atoms with E-state index in [0.717, 1.165) is 5.56 Å². The number of amides is 2. The van der Waals surface area contributed by atoms with Crippen molar-refractivity contribution in [1.29, 1.82) is 0 Å². The van der Waals surface area contributed by atoms with Crippen LogP contribution >= 0.6 is 0 Å². The van der Waals surface area contributed by atoms with E-state index < -0.39 is 18.1 Å². The molecule has 1 heterocycles. The number of aromatic nitrogens is 1. The number of carbonyl (C=O) groups excluding carboxylic acids is 2. The van der Waals surface area contributed by atoms with Crippen LogP contribution in [0.4, 0.5) is 4.79 Å². The summed E-state index contributed by atoms with van der Waals surface area (Å²) >= 11 is 0. The molecule has 0 saturated heterocycles. The Labute approximate surface area is 169 Å². The molecule has 0 radical (unpaired) electrons. The standard InChI is InChI=1S/C21H25N3O5/c1-15(12-17-6-4-3-5-7-17)23-21(28)29-14-24-10-8-18(9-11-24)20(27)22-16(2)13-19(25)26/h3-11,15-16H,12-14H2,1-2H3,(H2-,22,23,25,26,27,28)/p+1/t15-,16+/m0/s1. The van der Waals surface area contributed by atoms with Crippen LogP contribution in [0.3, 0.4) is 0 Å². The van der Waals surface area contributed by atoms with Gasteiger partial charge in [-0.2, -0.15) is 4.57 Å². The maximum Gasteiger partial charge on any atom is 0.412 e. The molecule has 8 heteroatoms. The average molecular weight is 400 g/mol. The quantitative estimate of drug-likeness (QED) is 0.557. The molecule has 0 aliphatic carbocycles. The highest BCUT2D eigenvalue weighted by atomic mass is 16.6. The largest absolute Gasteiger partial charge is 0.481 e. The van der Waals surface area contributed by atoms with Gasteiger partial charge in [-0.3, -0.25) is 9.59 Å². The van der Waals surface area contributed by atoms with Gasteiger partial charge in [0.05, 0.1) is 12.0 Å². The molecule has 0 aliphatic heterocycles. The maximum atomic E-state index is 12.1. The Bertz CT molecular complexity index is 824. The van der Waals surface area contributed by atoms with E-state index in [1.807, 2.05) is 37.3 Å². The van der Waals surface area contributed by atoms with Crippen molar-refractivity contribution in [3.8, 4) is 0 Å². The first-order chi connectivity index (χ1) is 13.8. The van der Waals surface area contributed by atoms with Crippen molar-refractivity contribution in [2.24, 2.45) is 0 Å². The number of rotatable bonds is 9. The molecule has 1 aromatic carbocycles. The molecule has 0 bridgehead atoms. The van der Waals surface area contributed by atoms with Crippen molar-refractivity contribution >= 4 is 18.0 Å². The predicted molar refractivity (Wildman–Crippen MR) is 105 cm³/mol. The molecule has 2 rings (SSSR count).